The number of nitrogens with one attached hydrogen (secondary N) is 1. The lowest BCUT2D eigenvalue weighted by Crippen LogP contribution is -2.49. The van der Waals surface area contributed by atoms with Crippen LogP contribution in [0.5, 0.6) is 5.75 Å². The van der Waals surface area contributed by atoms with Gasteiger partial charge in [-0.1, -0.05) is 18.2 Å². The van der Waals surface area contributed by atoms with Crippen molar-refractivity contribution < 1.29 is 18.4 Å². The summed E-state index contributed by atoms with van der Waals surface area (Å²) in [5, 5.41) is 14.5. The van der Waals surface area contributed by atoms with Gasteiger partial charge in [0.15, 0.2) is 0 Å². The Morgan fingerprint density at radius 1 is 1.00 bits per heavy atom. The maximum absolute atomic E-state index is 10.6. The van der Waals surface area contributed by atoms with Crippen LogP contribution in [0.2, 0.25) is 6.04 Å². The summed E-state index contributed by atoms with van der Waals surface area (Å²) in [5.41, 5.74) is 8.05. The van der Waals surface area contributed by atoms with Crippen molar-refractivity contribution in [3.8, 4) is 5.75 Å². The van der Waals surface area contributed by atoms with Crippen LogP contribution in [0.15, 0.2) is 36.4 Å². The Labute approximate surface area is 161 Å². The molecule has 2 aromatic carbocycles. The van der Waals surface area contributed by atoms with Crippen molar-refractivity contribution in [1.82, 2.24) is 0 Å². The van der Waals surface area contributed by atoms with Crippen LogP contribution >= 0.6 is 0 Å². The number of rotatable bonds is 7. The first kappa shape index (κ1) is 19.5. The molecule has 7 nitrogen and oxygen atoms in total. The predicted octanol–water partition coefficient (Wildman–Crippen LogP) is 3.46. The third kappa shape index (κ3) is 3.61. The molecule has 2 aromatic rings. The second kappa shape index (κ2) is 7.77. The molecule has 0 aromatic heterocycles. The summed E-state index contributed by atoms with van der Waals surface area (Å²) in [6.45, 7) is 4.53. The Kier molecular flexibility index (Phi) is 5.61. The van der Waals surface area contributed by atoms with Crippen molar-refractivity contribution >= 4 is 25.9 Å². The standard InChI is InChI=1S/C19H27N3O4Si/c1-14-9-10-17-16(13-14)20-22(18-8-6-7-15(2)19(18)23)21(17)11-12-27(24-3,25-4)26-5/h6-10,13,20,23H,11-12H2,1-5H3. The number of phenols is 1. The highest BCUT2D eigenvalue weighted by Crippen LogP contribution is 2.41. The van der Waals surface area contributed by atoms with Gasteiger partial charge in [0.2, 0.25) is 0 Å². The minimum absolute atomic E-state index is 0.244. The third-order valence-electron chi connectivity index (χ3n) is 4.91. The van der Waals surface area contributed by atoms with Crippen LogP contribution in [0.25, 0.3) is 0 Å². The molecule has 3 rings (SSSR count). The summed E-state index contributed by atoms with van der Waals surface area (Å²) in [7, 11) is 2.11. The summed E-state index contributed by atoms with van der Waals surface area (Å²) >= 11 is 0. The molecule has 0 radical (unpaired) electrons. The molecule has 0 unspecified atom stereocenters. The molecule has 0 aliphatic carbocycles. The van der Waals surface area contributed by atoms with E-state index in [1.807, 2.05) is 30.2 Å². The number of aromatic hydroxyl groups is 1. The molecule has 0 bridgehead atoms. The average Bonchev–Trinajstić information content (AvgIpc) is 3.03. The Bertz CT molecular complexity index is 805. The summed E-state index contributed by atoms with van der Waals surface area (Å²) < 4.78 is 16.7. The van der Waals surface area contributed by atoms with Crippen molar-refractivity contribution in [2.45, 2.75) is 19.9 Å². The average molecular weight is 390 g/mol. The molecule has 0 atom stereocenters. The van der Waals surface area contributed by atoms with E-state index >= 15 is 0 Å². The number of para-hydroxylation sites is 1. The zero-order valence-electron chi connectivity index (χ0n) is 16.4. The van der Waals surface area contributed by atoms with Gasteiger partial charge in [-0.05, 0) is 43.2 Å². The van der Waals surface area contributed by atoms with Gasteiger partial charge in [0, 0.05) is 33.9 Å². The summed E-state index contributed by atoms with van der Waals surface area (Å²) in [6.07, 6.45) is 0. The highest BCUT2D eigenvalue weighted by atomic mass is 28.4. The fraction of sp³-hybridized carbons (Fsp3) is 0.368. The van der Waals surface area contributed by atoms with E-state index in [1.54, 1.807) is 21.3 Å². The molecule has 0 spiro atoms. The molecule has 0 fully saturated rings. The van der Waals surface area contributed by atoms with E-state index in [4.69, 9.17) is 13.3 Å². The molecule has 27 heavy (non-hydrogen) atoms. The third-order valence-corrected chi connectivity index (χ3v) is 7.61. The molecule has 1 heterocycles. The molecule has 146 valence electrons. The van der Waals surface area contributed by atoms with Gasteiger partial charge >= 0.3 is 8.80 Å². The number of benzene rings is 2. The smallest absolute Gasteiger partial charge is 0.502 e. The van der Waals surface area contributed by atoms with Gasteiger partial charge < -0.3 is 18.4 Å². The van der Waals surface area contributed by atoms with E-state index in [1.165, 1.54) is 0 Å². The molecular weight excluding hydrogens is 362 g/mol. The fourth-order valence-electron chi connectivity index (χ4n) is 3.27. The normalized spacial score (nSPS) is 13.7. The van der Waals surface area contributed by atoms with Crippen LogP contribution < -0.4 is 15.6 Å². The molecule has 0 saturated heterocycles. The van der Waals surface area contributed by atoms with Gasteiger partial charge in [-0.3, -0.25) is 10.4 Å². The van der Waals surface area contributed by atoms with E-state index in [9.17, 15) is 5.11 Å². The van der Waals surface area contributed by atoms with Gasteiger partial charge in [0.1, 0.15) is 11.4 Å². The molecule has 2 N–H and O–H groups in total. The molecule has 0 amide bonds. The minimum atomic E-state index is -2.73. The second-order valence-corrected chi connectivity index (χ2v) is 9.65. The van der Waals surface area contributed by atoms with E-state index in [0.29, 0.717) is 18.3 Å². The van der Waals surface area contributed by atoms with Gasteiger partial charge in [-0.25, -0.2) is 0 Å². The summed E-state index contributed by atoms with van der Waals surface area (Å²) in [5.74, 6) is 0.244. The van der Waals surface area contributed by atoms with E-state index < -0.39 is 8.80 Å². The number of anilines is 3. The van der Waals surface area contributed by atoms with Gasteiger partial charge in [0.25, 0.3) is 0 Å². The Morgan fingerprint density at radius 3 is 2.37 bits per heavy atom. The van der Waals surface area contributed by atoms with Crippen molar-refractivity contribution in [2.75, 3.05) is 43.4 Å². The van der Waals surface area contributed by atoms with Crippen LogP contribution in [0.4, 0.5) is 17.1 Å². The SMILES string of the molecule is CO[Si](CCN1c2ccc(C)cc2NN1c1cccc(C)c1O)(OC)OC. The summed E-state index contributed by atoms with van der Waals surface area (Å²) in [4.78, 5) is 0. The van der Waals surface area contributed by atoms with E-state index in [-0.39, 0.29) is 5.75 Å². The first-order chi connectivity index (χ1) is 12.9. The summed E-state index contributed by atoms with van der Waals surface area (Å²) in [6, 6.07) is 12.5. The monoisotopic (exact) mass is 389 g/mol. The number of hydrogen-bond donors (Lipinski definition) is 2. The molecule has 0 saturated carbocycles. The maximum Gasteiger partial charge on any atom is 0.502 e. The number of hydrogen-bond acceptors (Lipinski definition) is 7. The van der Waals surface area contributed by atoms with Crippen molar-refractivity contribution in [1.29, 1.82) is 0 Å². The first-order valence-corrected chi connectivity index (χ1v) is 10.8. The van der Waals surface area contributed by atoms with Gasteiger partial charge in [-0.15, -0.1) is 0 Å². The Hall–Kier alpha value is -2.26. The molecular formula is C19H27N3O4Si. The highest BCUT2D eigenvalue weighted by Gasteiger charge is 2.40. The molecule has 1 aliphatic rings. The largest absolute Gasteiger partial charge is 0.505 e. The number of nitrogens with zero attached hydrogens (tertiary/aromatic N) is 2. The quantitative estimate of drug-likeness (QED) is 0.703. The van der Waals surface area contributed by atoms with Gasteiger partial charge in [-0.2, -0.15) is 5.12 Å². The van der Waals surface area contributed by atoms with Crippen LogP contribution in [0.3, 0.4) is 0 Å². The number of hydrazine groups is 2. The van der Waals surface area contributed by atoms with Crippen LogP contribution in [-0.4, -0.2) is 41.8 Å². The zero-order valence-corrected chi connectivity index (χ0v) is 17.4. The fourth-order valence-corrected chi connectivity index (χ4v) is 4.87. The van der Waals surface area contributed by atoms with Gasteiger partial charge in [0.05, 0.1) is 11.4 Å². The molecule has 1 aliphatic heterocycles. The lowest BCUT2D eigenvalue weighted by molar-refractivity contribution is 0.124. The number of fused-ring (bicyclic) bond motifs is 1. The topological polar surface area (TPSA) is 66.4 Å². The number of phenolic OH excluding ortho intramolecular Hbond substituents is 1. The lowest BCUT2D eigenvalue weighted by Gasteiger charge is -2.33. The van der Waals surface area contributed by atoms with Crippen molar-refractivity contribution in [3.05, 3.63) is 47.5 Å². The van der Waals surface area contributed by atoms with E-state index in [2.05, 4.69) is 35.6 Å². The first-order valence-electron chi connectivity index (χ1n) is 8.83. The van der Waals surface area contributed by atoms with Crippen LogP contribution in [0, 0.1) is 13.8 Å². The zero-order chi connectivity index (χ0) is 19.6. The highest BCUT2D eigenvalue weighted by molar-refractivity contribution is 6.60. The van der Waals surface area contributed by atoms with Crippen molar-refractivity contribution in [3.63, 3.8) is 0 Å². The number of aryl methyl sites for hydroxylation is 2. The Morgan fingerprint density at radius 2 is 1.70 bits per heavy atom. The minimum Gasteiger partial charge on any atom is -0.505 e. The maximum atomic E-state index is 10.6. The second-order valence-electron chi connectivity index (χ2n) is 6.56. The Balaban J connectivity index is 1.96. The predicted molar refractivity (Wildman–Crippen MR) is 109 cm³/mol. The lowest BCUT2D eigenvalue weighted by atomic mass is 10.2. The van der Waals surface area contributed by atoms with E-state index in [0.717, 1.165) is 22.5 Å². The van der Waals surface area contributed by atoms with Crippen molar-refractivity contribution in [2.24, 2.45) is 0 Å². The molecule has 8 heteroatoms. The van der Waals surface area contributed by atoms with Crippen LogP contribution in [-0.2, 0) is 13.3 Å². The van der Waals surface area contributed by atoms with Crippen LogP contribution in [0.1, 0.15) is 11.1 Å².